The number of carbonyl (C=O) groups excluding carboxylic acids is 1. The first-order valence-electron chi connectivity index (χ1n) is 10.5. The lowest BCUT2D eigenvalue weighted by molar-refractivity contribution is -0.137. The topological polar surface area (TPSA) is 77.7 Å². The van der Waals surface area contributed by atoms with Crippen molar-refractivity contribution in [2.75, 3.05) is 45.8 Å². The van der Waals surface area contributed by atoms with Crippen LogP contribution < -0.4 is 0 Å². The highest BCUT2D eigenvalue weighted by atomic mass is 16.3. The van der Waals surface area contributed by atoms with E-state index >= 15 is 0 Å². The molecule has 2 saturated heterocycles. The Morgan fingerprint density at radius 1 is 1.10 bits per heavy atom. The summed E-state index contributed by atoms with van der Waals surface area (Å²) in [5.41, 5.74) is 1.38. The molecule has 8 heteroatoms. The highest BCUT2D eigenvalue weighted by Crippen LogP contribution is 2.19. The van der Waals surface area contributed by atoms with Crippen molar-refractivity contribution in [2.24, 2.45) is 0 Å². The van der Waals surface area contributed by atoms with E-state index in [9.17, 15) is 9.90 Å². The lowest BCUT2D eigenvalue weighted by Gasteiger charge is -2.45. The molecule has 0 bridgehead atoms. The Bertz CT molecular complexity index is 761. The monoisotopic (exact) mass is 398 g/mol. The summed E-state index contributed by atoms with van der Waals surface area (Å²) in [5, 5.41) is 14.7. The van der Waals surface area contributed by atoms with Gasteiger partial charge in [-0.05, 0) is 18.4 Å². The first kappa shape index (κ1) is 20.0. The van der Waals surface area contributed by atoms with Gasteiger partial charge >= 0.3 is 0 Å². The van der Waals surface area contributed by atoms with Gasteiger partial charge in [-0.3, -0.25) is 9.69 Å². The number of aliphatic hydroxyl groups excluding tert-OH is 1. The van der Waals surface area contributed by atoms with Crippen molar-refractivity contribution >= 4 is 5.91 Å². The first-order chi connectivity index (χ1) is 14.2. The predicted octanol–water partition coefficient (Wildman–Crippen LogP) is 0.100. The van der Waals surface area contributed by atoms with Crippen LogP contribution in [-0.2, 0) is 17.8 Å². The lowest BCUT2D eigenvalue weighted by Crippen LogP contribution is -2.59. The molecule has 2 aliphatic heterocycles. The van der Waals surface area contributed by atoms with Gasteiger partial charge in [-0.25, -0.2) is 9.67 Å². The van der Waals surface area contributed by atoms with Gasteiger partial charge in [0, 0.05) is 51.9 Å². The van der Waals surface area contributed by atoms with Crippen molar-refractivity contribution in [3.8, 4) is 0 Å². The SMILES string of the molecule is O=C(Cn1cncn1)N1CC[C@@H](N2CCN(CCc3ccccc3)CC2)[C@H](O)C1. The largest absolute Gasteiger partial charge is 0.390 e. The zero-order valence-corrected chi connectivity index (χ0v) is 16.8. The number of piperazine rings is 1. The summed E-state index contributed by atoms with van der Waals surface area (Å²) in [7, 11) is 0. The number of amides is 1. The van der Waals surface area contributed by atoms with E-state index in [1.807, 2.05) is 0 Å². The van der Waals surface area contributed by atoms with Gasteiger partial charge in [0.2, 0.25) is 5.91 Å². The quantitative estimate of drug-likeness (QED) is 0.744. The summed E-state index contributed by atoms with van der Waals surface area (Å²) < 4.78 is 1.52. The average molecular weight is 399 g/mol. The molecule has 0 aliphatic carbocycles. The molecule has 2 atom stereocenters. The van der Waals surface area contributed by atoms with Gasteiger partial charge in [-0.2, -0.15) is 5.10 Å². The van der Waals surface area contributed by atoms with Crippen LogP contribution in [0.2, 0.25) is 0 Å². The Morgan fingerprint density at radius 3 is 2.59 bits per heavy atom. The van der Waals surface area contributed by atoms with E-state index in [4.69, 9.17) is 0 Å². The number of nitrogens with zero attached hydrogens (tertiary/aromatic N) is 6. The molecule has 3 heterocycles. The Hall–Kier alpha value is -2.29. The normalized spacial score (nSPS) is 24.0. The number of hydrogen-bond donors (Lipinski definition) is 1. The van der Waals surface area contributed by atoms with Crippen molar-refractivity contribution in [3.05, 3.63) is 48.5 Å². The molecule has 0 radical (unpaired) electrons. The molecule has 4 rings (SSSR count). The van der Waals surface area contributed by atoms with E-state index in [0.29, 0.717) is 13.1 Å². The van der Waals surface area contributed by atoms with E-state index in [0.717, 1.165) is 45.6 Å². The predicted molar refractivity (Wildman–Crippen MR) is 109 cm³/mol. The van der Waals surface area contributed by atoms with Crippen LogP contribution in [0, 0.1) is 0 Å². The second kappa shape index (κ2) is 9.47. The first-order valence-corrected chi connectivity index (χ1v) is 10.5. The second-order valence-corrected chi connectivity index (χ2v) is 7.97. The zero-order chi connectivity index (χ0) is 20.1. The minimum absolute atomic E-state index is 0.0151. The van der Waals surface area contributed by atoms with Gasteiger partial charge in [0.25, 0.3) is 0 Å². The third-order valence-corrected chi connectivity index (χ3v) is 6.10. The zero-order valence-electron chi connectivity index (χ0n) is 16.8. The third-order valence-electron chi connectivity index (χ3n) is 6.10. The summed E-state index contributed by atoms with van der Waals surface area (Å²) in [5.74, 6) is -0.0151. The standard InChI is InChI=1S/C21H30N6O2/c28-20-14-26(21(29)15-27-17-22-16-23-27)9-7-19(20)25-12-10-24(11-13-25)8-6-18-4-2-1-3-5-18/h1-5,16-17,19-20,28H,6-15H2/t19-,20-/m1/s1. The van der Waals surface area contributed by atoms with Crippen LogP contribution in [0.25, 0.3) is 0 Å². The summed E-state index contributed by atoms with van der Waals surface area (Å²) in [6.45, 7) is 6.35. The fraction of sp³-hybridized carbons (Fsp3) is 0.571. The highest BCUT2D eigenvalue weighted by Gasteiger charge is 2.35. The molecule has 8 nitrogen and oxygen atoms in total. The third kappa shape index (κ3) is 5.20. The van der Waals surface area contributed by atoms with E-state index in [2.05, 4.69) is 50.2 Å². The van der Waals surface area contributed by atoms with Crippen LogP contribution in [0.3, 0.4) is 0 Å². The molecule has 2 aromatic rings. The van der Waals surface area contributed by atoms with Gasteiger partial charge in [0.15, 0.2) is 0 Å². The summed E-state index contributed by atoms with van der Waals surface area (Å²) in [6, 6.07) is 10.8. The van der Waals surface area contributed by atoms with Crippen molar-refractivity contribution in [1.82, 2.24) is 29.5 Å². The Morgan fingerprint density at radius 2 is 1.90 bits per heavy atom. The van der Waals surface area contributed by atoms with Gasteiger partial charge in [0.05, 0.1) is 6.10 Å². The van der Waals surface area contributed by atoms with Crippen molar-refractivity contribution in [2.45, 2.75) is 31.5 Å². The maximum Gasteiger partial charge on any atom is 0.244 e. The molecule has 1 aromatic carbocycles. The van der Waals surface area contributed by atoms with Gasteiger partial charge in [0.1, 0.15) is 19.2 Å². The number of hydrogen-bond acceptors (Lipinski definition) is 6. The van der Waals surface area contributed by atoms with Crippen LogP contribution in [-0.4, -0.2) is 98.4 Å². The Balaban J connectivity index is 1.21. The Labute approximate surface area is 171 Å². The summed E-state index contributed by atoms with van der Waals surface area (Å²) in [6.07, 6.45) is 4.36. The maximum absolute atomic E-state index is 12.4. The van der Waals surface area contributed by atoms with Crippen LogP contribution in [0.15, 0.2) is 43.0 Å². The van der Waals surface area contributed by atoms with Crippen LogP contribution in [0.4, 0.5) is 0 Å². The van der Waals surface area contributed by atoms with Crippen LogP contribution in [0.1, 0.15) is 12.0 Å². The van der Waals surface area contributed by atoms with Gasteiger partial charge in [-0.15, -0.1) is 0 Å². The van der Waals surface area contributed by atoms with Gasteiger partial charge < -0.3 is 14.9 Å². The molecule has 1 amide bonds. The molecule has 156 valence electrons. The molecule has 1 aromatic heterocycles. The molecule has 2 aliphatic rings. The molecule has 29 heavy (non-hydrogen) atoms. The second-order valence-electron chi connectivity index (χ2n) is 7.97. The number of rotatable bonds is 6. The number of likely N-dealkylation sites (tertiary alicyclic amines) is 1. The van der Waals surface area contributed by atoms with E-state index in [1.165, 1.54) is 16.6 Å². The number of piperidine rings is 1. The van der Waals surface area contributed by atoms with Crippen molar-refractivity contribution in [1.29, 1.82) is 0 Å². The Kier molecular flexibility index (Phi) is 6.53. The van der Waals surface area contributed by atoms with E-state index in [1.54, 1.807) is 11.2 Å². The highest BCUT2D eigenvalue weighted by molar-refractivity contribution is 5.76. The van der Waals surface area contributed by atoms with Crippen LogP contribution >= 0.6 is 0 Å². The smallest absolute Gasteiger partial charge is 0.244 e. The summed E-state index contributed by atoms with van der Waals surface area (Å²) >= 11 is 0. The number of β-amino-alcohol motifs (C(OH)–C–C–N with tert-alkyl or cyclic N) is 1. The average Bonchev–Trinajstić information content (AvgIpc) is 3.26. The number of aliphatic hydroxyl groups is 1. The molecular weight excluding hydrogens is 368 g/mol. The molecule has 2 fully saturated rings. The number of carbonyl (C=O) groups is 1. The number of benzene rings is 1. The molecule has 1 N–H and O–H groups in total. The number of aromatic nitrogens is 3. The van der Waals surface area contributed by atoms with Crippen LogP contribution in [0.5, 0.6) is 0 Å². The van der Waals surface area contributed by atoms with Crippen molar-refractivity contribution in [3.63, 3.8) is 0 Å². The van der Waals surface area contributed by atoms with Gasteiger partial charge in [-0.1, -0.05) is 30.3 Å². The minimum Gasteiger partial charge on any atom is -0.390 e. The molecular formula is C21H30N6O2. The minimum atomic E-state index is -0.501. The molecule has 0 unspecified atom stereocenters. The summed E-state index contributed by atoms with van der Waals surface area (Å²) in [4.78, 5) is 23.0. The molecule has 0 spiro atoms. The molecule has 0 saturated carbocycles. The van der Waals surface area contributed by atoms with Crippen molar-refractivity contribution < 1.29 is 9.90 Å². The van der Waals surface area contributed by atoms with E-state index < -0.39 is 6.10 Å². The fourth-order valence-electron chi connectivity index (χ4n) is 4.38. The maximum atomic E-state index is 12.4. The lowest BCUT2D eigenvalue weighted by atomic mass is 9.99. The van der Waals surface area contributed by atoms with E-state index in [-0.39, 0.29) is 18.5 Å². The fourth-order valence-corrected chi connectivity index (χ4v) is 4.38.